The third-order valence-corrected chi connectivity index (χ3v) is 5.52. The van der Waals surface area contributed by atoms with Gasteiger partial charge in [0.2, 0.25) is 5.91 Å². The van der Waals surface area contributed by atoms with Gasteiger partial charge in [0.15, 0.2) is 0 Å². The summed E-state index contributed by atoms with van der Waals surface area (Å²) in [5.41, 5.74) is 2.87. The molecule has 0 aliphatic carbocycles. The maximum Gasteiger partial charge on any atom is 0.223 e. The first-order valence-corrected chi connectivity index (χ1v) is 9.31. The molecule has 2 saturated heterocycles. The van der Waals surface area contributed by atoms with Gasteiger partial charge in [0.1, 0.15) is 0 Å². The van der Waals surface area contributed by atoms with E-state index in [0.717, 1.165) is 45.6 Å². The molecular weight excluding hydrogens is 308 g/mol. The zero-order chi connectivity index (χ0) is 17.1. The minimum atomic E-state index is 0.221. The molecule has 1 spiro atoms. The van der Waals surface area contributed by atoms with E-state index in [0.29, 0.717) is 5.91 Å². The lowest BCUT2D eigenvalue weighted by Crippen LogP contribution is -2.57. The van der Waals surface area contributed by atoms with Crippen molar-refractivity contribution in [2.24, 2.45) is 5.41 Å². The molecule has 0 saturated carbocycles. The molecular formula is C22H26N2O. The number of hydrogen-bond acceptors (Lipinski definition) is 2. The Morgan fingerprint density at radius 2 is 1.48 bits per heavy atom. The molecule has 0 atom stereocenters. The van der Waals surface area contributed by atoms with Crippen LogP contribution in [0.3, 0.4) is 0 Å². The molecule has 1 amide bonds. The molecule has 130 valence electrons. The molecule has 2 aliphatic heterocycles. The normalized spacial score (nSPS) is 19.4. The van der Waals surface area contributed by atoms with Crippen LogP contribution >= 0.6 is 0 Å². The highest BCUT2D eigenvalue weighted by Gasteiger charge is 2.50. The lowest BCUT2D eigenvalue weighted by molar-refractivity contribution is -0.128. The maximum absolute atomic E-state index is 12.4. The SMILES string of the molecule is O=C1CC2(CN(CCCc3ccccc3)C2)CN1Cc1ccccc1. The van der Waals surface area contributed by atoms with Crippen LogP contribution in [0.5, 0.6) is 0 Å². The van der Waals surface area contributed by atoms with E-state index in [4.69, 9.17) is 0 Å². The van der Waals surface area contributed by atoms with Gasteiger partial charge in [0.05, 0.1) is 0 Å². The molecule has 25 heavy (non-hydrogen) atoms. The first-order valence-electron chi connectivity index (χ1n) is 9.31. The fourth-order valence-electron chi connectivity index (χ4n) is 4.35. The lowest BCUT2D eigenvalue weighted by atomic mass is 9.79. The predicted octanol–water partition coefficient (Wildman–Crippen LogP) is 3.35. The van der Waals surface area contributed by atoms with E-state index in [1.807, 2.05) is 18.2 Å². The molecule has 0 N–H and O–H groups in total. The number of carbonyl (C=O) groups excluding carboxylic acids is 1. The second-order valence-corrected chi connectivity index (χ2v) is 7.71. The monoisotopic (exact) mass is 334 g/mol. The van der Waals surface area contributed by atoms with Crippen molar-refractivity contribution in [2.45, 2.75) is 25.8 Å². The zero-order valence-corrected chi connectivity index (χ0v) is 14.7. The van der Waals surface area contributed by atoms with E-state index in [-0.39, 0.29) is 5.41 Å². The maximum atomic E-state index is 12.4. The molecule has 3 nitrogen and oxygen atoms in total. The smallest absolute Gasteiger partial charge is 0.223 e. The van der Waals surface area contributed by atoms with Gasteiger partial charge in [-0.3, -0.25) is 4.79 Å². The summed E-state index contributed by atoms with van der Waals surface area (Å²) in [6.07, 6.45) is 3.07. The topological polar surface area (TPSA) is 23.6 Å². The molecule has 0 aromatic heterocycles. The Morgan fingerprint density at radius 3 is 2.16 bits per heavy atom. The van der Waals surface area contributed by atoms with Crippen LogP contribution in [0.1, 0.15) is 24.0 Å². The van der Waals surface area contributed by atoms with Crippen molar-refractivity contribution in [1.82, 2.24) is 9.80 Å². The molecule has 3 heteroatoms. The fourth-order valence-corrected chi connectivity index (χ4v) is 4.35. The van der Waals surface area contributed by atoms with E-state index < -0.39 is 0 Å². The predicted molar refractivity (Wildman–Crippen MR) is 100 cm³/mol. The minimum absolute atomic E-state index is 0.221. The Bertz CT molecular complexity index is 707. The van der Waals surface area contributed by atoms with Gasteiger partial charge in [0, 0.05) is 38.0 Å². The van der Waals surface area contributed by atoms with Crippen LogP contribution < -0.4 is 0 Å². The average molecular weight is 334 g/mol. The number of likely N-dealkylation sites (tertiary alicyclic amines) is 2. The standard InChI is InChI=1S/C22H26N2O/c25-21-14-22(18-24(21)15-20-10-5-2-6-11-20)16-23(17-22)13-7-12-19-8-3-1-4-9-19/h1-6,8-11H,7,12-18H2. The van der Waals surface area contributed by atoms with E-state index in [2.05, 4.69) is 52.3 Å². The number of rotatable bonds is 6. The van der Waals surface area contributed by atoms with Gasteiger partial charge >= 0.3 is 0 Å². The summed E-state index contributed by atoms with van der Waals surface area (Å²) in [5, 5.41) is 0. The van der Waals surface area contributed by atoms with Crippen LogP contribution in [0.15, 0.2) is 60.7 Å². The van der Waals surface area contributed by atoms with Gasteiger partial charge in [-0.15, -0.1) is 0 Å². The molecule has 0 radical (unpaired) electrons. The largest absolute Gasteiger partial charge is 0.338 e. The van der Waals surface area contributed by atoms with Gasteiger partial charge < -0.3 is 9.80 Å². The number of amides is 1. The summed E-state index contributed by atoms with van der Waals surface area (Å²) in [5.74, 6) is 0.327. The van der Waals surface area contributed by atoms with E-state index in [1.54, 1.807) is 0 Å². The van der Waals surface area contributed by atoms with Crippen molar-refractivity contribution in [1.29, 1.82) is 0 Å². The molecule has 2 aliphatic rings. The first kappa shape index (κ1) is 16.3. The molecule has 0 unspecified atom stereocenters. The van der Waals surface area contributed by atoms with Crippen molar-refractivity contribution in [3.05, 3.63) is 71.8 Å². The number of hydrogen-bond donors (Lipinski definition) is 0. The third-order valence-electron chi connectivity index (χ3n) is 5.52. The van der Waals surface area contributed by atoms with Crippen molar-refractivity contribution in [3.8, 4) is 0 Å². The summed E-state index contributed by atoms with van der Waals surface area (Å²) < 4.78 is 0. The third kappa shape index (κ3) is 3.77. The zero-order valence-electron chi connectivity index (χ0n) is 14.7. The summed E-state index contributed by atoms with van der Waals surface area (Å²) in [4.78, 5) is 17.0. The molecule has 4 rings (SSSR count). The number of nitrogens with zero attached hydrogens (tertiary/aromatic N) is 2. The van der Waals surface area contributed by atoms with E-state index in [1.165, 1.54) is 17.5 Å². The number of carbonyl (C=O) groups is 1. The second-order valence-electron chi connectivity index (χ2n) is 7.71. The van der Waals surface area contributed by atoms with Gasteiger partial charge in [0.25, 0.3) is 0 Å². The van der Waals surface area contributed by atoms with Crippen molar-refractivity contribution < 1.29 is 4.79 Å². The van der Waals surface area contributed by atoms with Crippen LogP contribution in [0.25, 0.3) is 0 Å². The Labute approximate surface area is 150 Å². The highest BCUT2D eigenvalue weighted by molar-refractivity contribution is 5.79. The van der Waals surface area contributed by atoms with Crippen molar-refractivity contribution in [2.75, 3.05) is 26.2 Å². The summed E-state index contributed by atoms with van der Waals surface area (Å²) in [6, 6.07) is 21.0. The second kappa shape index (κ2) is 7.01. The number of benzene rings is 2. The summed E-state index contributed by atoms with van der Waals surface area (Å²) in [6.45, 7) is 4.99. The van der Waals surface area contributed by atoms with Crippen LogP contribution in [-0.2, 0) is 17.8 Å². The Balaban J connectivity index is 1.23. The van der Waals surface area contributed by atoms with Crippen molar-refractivity contribution in [3.63, 3.8) is 0 Å². The first-order chi connectivity index (χ1) is 12.2. The van der Waals surface area contributed by atoms with E-state index in [9.17, 15) is 4.79 Å². The van der Waals surface area contributed by atoms with E-state index >= 15 is 0 Å². The summed E-state index contributed by atoms with van der Waals surface area (Å²) in [7, 11) is 0. The van der Waals surface area contributed by atoms with Crippen LogP contribution in [-0.4, -0.2) is 41.9 Å². The highest BCUT2D eigenvalue weighted by atomic mass is 16.2. The Morgan fingerprint density at radius 1 is 0.840 bits per heavy atom. The molecule has 2 heterocycles. The Kier molecular flexibility index (Phi) is 4.58. The molecule has 2 fully saturated rings. The molecule has 0 bridgehead atoms. The van der Waals surface area contributed by atoms with Crippen LogP contribution in [0, 0.1) is 5.41 Å². The lowest BCUT2D eigenvalue weighted by Gasteiger charge is -2.47. The van der Waals surface area contributed by atoms with Gasteiger partial charge in [-0.1, -0.05) is 60.7 Å². The quantitative estimate of drug-likeness (QED) is 0.809. The van der Waals surface area contributed by atoms with Gasteiger partial charge in [-0.2, -0.15) is 0 Å². The average Bonchev–Trinajstić information content (AvgIpc) is 2.93. The Hall–Kier alpha value is -2.13. The van der Waals surface area contributed by atoms with Crippen LogP contribution in [0.4, 0.5) is 0 Å². The molecule has 2 aromatic carbocycles. The summed E-state index contributed by atoms with van der Waals surface area (Å²) >= 11 is 0. The minimum Gasteiger partial charge on any atom is -0.338 e. The fraction of sp³-hybridized carbons (Fsp3) is 0.409. The number of aryl methyl sites for hydroxylation is 1. The van der Waals surface area contributed by atoms with Gasteiger partial charge in [-0.25, -0.2) is 0 Å². The highest BCUT2D eigenvalue weighted by Crippen LogP contribution is 2.40. The molecule has 2 aromatic rings. The van der Waals surface area contributed by atoms with Gasteiger partial charge in [-0.05, 0) is 30.5 Å². The van der Waals surface area contributed by atoms with Crippen molar-refractivity contribution >= 4 is 5.91 Å². The van der Waals surface area contributed by atoms with Crippen LogP contribution in [0.2, 0.25) is 0 Å².